The Hall–Kier alpha value is -3.20. The van der Waals surface area contributed by atoms with Gasteiger partial charge in [-0.3, -0.25) is 14.8 Å². The molecule has 0 radical (unpaired) electrons. The third-order valence-electron chi connectivity index (χ3n) is 4.43. The second-order valence-electron chi connectivity index (χ2n) is 8.12. The van der Waals surface area contributed by atoms with Gasteiger partial charge in [0.2, 0.25) is 0 Å². The molecule has 162 valence electrons. The number of benzene rings is 1. The van der Waals surface area contributed by atoms with Gasteiger partial charge in [-0.25, -0.2) is 15.7 Å². The number of hydrogen-bond acceptors (Lipinski definition) is 6. The topological polar surface area (TPSA) is 129 Å². The Balaban J connectivity index is 1.96. The van der Waals surface area contributed by atoms with Crippen molar-refractivity contribution in [3.63, 3.8) is 0 Å². The summed E-state index contributed by atoms with van der Waals surface area (Å²) in [6.45, 7) is 5.39. The Labute approximate surface area is 175 Å². The van der Waals surface area contributed by atoms with E-state index in [0.717, 1.165) is 18.9 Å². The molecular formula is C21H28N4O5. The number of rotatable bonds is 6. The van der Waals surface area contributed by atoms with Crippen molar-refractivity contribution in [1.82, 2.24) is 16.2 Å². The molecule has 3 amide bonds. The first kappa shape index (κ1) is 23.1. The summed E-state index contributed by atoms with van der Waals surface area (Å²) >= 11 is 0. The third-order valence-corrected chi connectivity index (χ3v) is 4.43. The van der Waals surface area contributed by atoms with E-state index in [-0.39, 0.29) is 0 Å². The number of ether oxygens (including phenoxy) is 1. The van der Waals surface area contributed by atoms with Crippen LogP contribution in [0.15, 0.2) is 35.4 Å². The maximum Gasteiger partial charge on any atom is 0.408 e. The summed E-state index contributed by atoms with van der Waals surface area (Å²) in [6.07, 6.45) is 7.03. The van der Waals surface area contributed by atoms with E-state index in [1.165, 1.54) is 11.6 Å². The van der Waals surface area contributed by atoms with Crippen molar-refractivity contribution in [2.24, 2.45) is 5.10 Å². The second kappa shape index (κ2) is 10.0. The van der Waals surface area contributed by atoms with Crippen LogP contribution in [-0.2, 0) is 9.53 Å². The van der Waals surface area contributed by atoms with E-state index in [1.807, 2.05) is 0 Å². The first-order valence-corrected chi connectivity index (χ1v) is 9.70. The van der Waals surface area contributed by atoms with Crippen molar-refractivity contribution in [2.75, 3.05) is 0 Å². The maximum absolute atomic E-state index is 12.3. The quantitative estimate of drug-likeness (QED) is 0.245. The van der Waals surface area contributed by atoms with Gasteiger partial charge < -0.3 is 10.1 Å². The second-order valence-corrected chi connectivity index (χ2v) is 8.12. The zero-order valence-electron chi connectivity index (χ0n) is 17.4. The fourth-order valence-electron chi connectivity index (χ4n) is 3.03. The van der Waals surface area contributed by atoms with E-state index in [0.29, 0.717) is 24.0 Å². The molecule has 30 heavy (non-hydrogen) atoms. The number of hydroxylamine groups is 1. The lowest BCUT2D eigenvalue weighted by molar-refractivity contribution is -0.124. The molecular weight excluding hydrogens is 388 g/mol. The first-order valence-electron chi connectivity index (χ1n) is 9.70. The fourth-order valence-corrected chi connectivity index (χ4v) is 3.03. The SMILES string of the molecule is CC(C)(C)OC(=O)NC1(C=NNC(=O)c2ccc(C=CC(=O)NO)cc2)CCCC1. The Morgan fingerprint density at radius 1 is 1.13 bits per heavy atom. The molecule has 0 atom stereocenters. The van der Waals surface area contributed by atoms with Gasteiger partial charge in [0, 0.05) is 11.6 Å². The molecule has 0 aromatic heterocycles. The van der Waals surface area contributed by atoms with Crippen molar-refractivity contribution in [3.8, 4) is 0 Å². The minimum Gasteiger partial charge on any atom is -0.444 e. The summed E-state index contributed by atoms with van der Waals surface area (Å²) in [6, 6.07) is 6.49. The minimum absolute atomic E-state index is 0.386. The highest BCUT2D eigenvalue weighted by molar-refractivity contribution is 5.95. The molecule has 0 heterocycles. The van der Waals surface area contributed by atoms with Gasteiger partial charge in [0.25, 0.3) is 11.8 Å². The van der Waals surface area contributed by atoms with Gasteiger partial charge in [0.1, 0.15) is 5.60 Å². The van der Waals surface area contributed by atoms with E-state index in [9.17, 15) is 14.4 Å². The van der Waals surface area contributed by atoms with Crippen molar-refractivity contribution in [3.05, 3.63) is 41.5 Å². The van der Waals surface area contributed by atoms with Crippen LogP contribution in [0, 0.1) is 0 Å². The van der Waals surface area contributed by atoms with Gasteiger partial charge in [-0.15, -0.1) is 0 Å². The number of carbonyl (C=O) groups is 3. The van der Waals surface area contributed by atoms with Gasteiger partial charge in [-0.2, -0.15) is 5.10 Å². The predicted octanol–water partition coefficient (Wildman–Crippen LogP) is 2.76. The summed E-state index contributed by atoms with van der Waals surface area (Å²) in [5, 5.41) is 15.4. The number of nitrogens with zero attached hydrogens (tertiary/aromatic N) is 1. The summed E-state index contributed by atoms with van der Waals surface area (Å²) in [7, 11) is 0. The van der Waals surface area contributed by atoms with Crippen molar-refractivity contribution in [1.29, 1.82) is 0 Å². The summed E-state index contributed by atoms with van der Waals surface area (Å²) in [4.78, 5) is 35.4. The molecule has 1 aromatic rings. The largest absolute Gasteiger partial charge is 0.444 e. The summed E-state index contributed by atoms with van der Waals surface area (Å²) < 4.78 is 5.33. The Morgan fingerprint density at radius 2 is 1.77 bits per heavy atom. The monoisotopic (exact) mass is 416 g/mol. The van der Waals surface area contributed by atoms with E-state index in [2.05, 4.69) is 15.8 Å². The predicted molar refractivity (Wildman–Crippen MR) is 112 cm³/mol. The molecule has 9 nitrogen and oxygen atoms in total. The molecule has 1 aromatic carbocycles. The summed E-state index contributed by atoms with van der Waals surface area (Å²) in [5.74, 6) is -1.05. The lowest BCUT2D eigenvalue weighted by Gasteiger charge is -2.28. The number of nitrogens with one attached hydrogen (secondary N) is 3. The first-order chi connectivity index (χ1) is 14.1. The van der Waals surface area contributed by atoms with Crippen LogP contribution in [0.3, 0.4) is 0 Å². The highest BCUT2D eigenvalue weighted by atomic mass is 16.6. The van der Waals surface area contributed by atoms with Gasteiger partial charge in [-0.1, -0.05) is 25.0 Å². The minimum atomic E-state index is -0.646. The van der Waals surface area contributed by atoms with Gasteiger partial charge in [-0.05, 0) is 57.4 Å². The summed E-state index contributed by atoms with van der Waals surface area (Å²) in [5.41, 5.74) is 3.80. The number of carbonyl (C=O) groups excluding carboxylic acids is 3. The molecule has 1 aliphatic carbocycles. The lowest BCUT2D eigenvalue weighted by atomic mass is 10.00. The molecule has 0 saturated heterocycles. The van der Waals surface area contributed by atoms with Crippen molar-refractivity contribution >= 4 is 30.2 Å². The zero-order valence-corrected chi connectivity index (χ0v) is 17.4. The molecule has 9 heteroatoms. The van der Waals surface area contributed by atoms with Crippen molar-refractivity contribution < 1.29 is 24.3 Å². The van der Waals surface area contributed by atoms with Crippen LogP contribution < -0.4 is 16.2 Å². The Kier molecular flexibility index (Phi) is 7.71. The molecule has 0 spiro atoms. The molecule has 0 bridgehead atoms. The Morgan fingerprint density at radius 3 is 2.33 bits per heavy atom. The number of alkyl carbamates (subject to hydrolysis) is 1. The highest BCUT2D eigenvalue weighted by Crippen LogP contribution is 2.28. The number of hydrazone groups is 1. The molecule has 2 rings (SSSR count). The molecule has 1 aliphatic rings. The van der Waals surface area contributed by atoms with E-state index in [1.54, 1.807) is 51.3 Å². The van der Waals surface area contributed by atoms with Crippen LogP contribution in [0.2, 0.25) is 0 Å². The van der Waals surface area contributed by atoms with Crippen LogP contribution >= 0.6 is 0 Å². The van der Waals surface area contributed by atoms with E-state index in [4.69, 9.17) is 9.94 Å². The Bertz CT molecular complexity index is 819. The molecule has 0 aliphatic heterocycles. The average molecular weight is 416 g/mol. The van der Waals surface area contributed by atoms with Gasteiger partial charge >= 0.3 is 6.09 Å². The molecule has 0 unspecified atom stereocenters. The van der Waals surface area contributed by atoms with E-state index < -0.39 is 29.0 Å². The average Bonchev–Trinajstić information content (AvgIpc) is 3.13. The third kappa shape index (κ3) is 7.32. The van der Waals surface area contributed by atoms with E-state index >= 15 is 0 Å². The van der Waals surface area contributed by atoms with Crippen LogP contribution in [0.1, 0.15) is 62.4 Å². The normalized spacial score (nSPS) is 15.9. The standard InChI is InChI=1S/C21H28N4O5/c1-20(2,3)30-19(28)23-21(12-4-5-13-21)14-22-24-18(27)16-9-6-15(7-10-16)8-11-17(26)25-29/h6-11,14,29H,4-5,12-13H2,1-3H3,(H,23,28)(H,24,27)(H,25,26). The zero-order chi connectivity index (χ0) is 22.2. The van der Waals surface area contributed by atoms with Crippen LogP contribution in [0.4, 0.5) is 4.79 Å². The smallest absolute Gasteiger partial charge is 0.408 e. The van der Waals surface area contributed by atoms with Crippen molar-refractivity contribution in [2.45, 2.75) is 57.6 Å². The van der Waals surface area contributed by atoms with Crippen LogP contribution in [0.5, 0.6) is 0 Å². The maximum atomic E-state index is 12.3. The lowest BCUT2D eigenvalue weighted by Crippen LogP contribution is -2.49. The number of amides is 3. The highest BCUT2D eigenvalue weighted by Gasteiger charge is 2.35. The van der Waals surface area contributed by atoms with Gasteiger partial charge in [0.05, 0.1) is 11.8 Å². The molecule has 4 N–H and O–H groups in total. The fraction of sp³-hybridized carbons (Fsp3) is 0.429. The molecule has 1 saturated carbocycles. The van der Waals surface area contributed by atoms with Gasteiger partial charge in [0.15, 0.2) is 0 Å². The molecule has 1 fully saturated rings. The van der Waals surface area contributed by atoms with Crippen LogP contribution in [-0.4, -0.2) is 40.5 Å². The van der Waals surface area contributed by atoms with Crippen LogP contribution in [0.25, 0.3) is 6.08 Å². The number of hydrogen-bond donors (Lipinski definition) is 4.